The van der Waals surface area contributed by atoms with E-state index in [4.69, 9.17) is 11.6 Å². The van der Waals surface area contributed by atoms with Gasteiger partial charge in [-0.1, -0.05) is 25.4 Å². The first-order chi connectivity index (χ1) is 10.5. The van der Waals surface area contributed by atoms with Crippen molar-refractivity contribution in [3.8, 4) is 0 Å². The Labute approximate surface area is 136 Å². The van der Waals surface area contributed by atoms with E-state index >= 15 is 0 Å². The first-order valence-electron chi connectivity index (χ1n) is 7.00. The molecule has 1 aliphatic heterocycles. The minimum atomic E-state index is -5.02. The molecule has 0 saturated heterocycles. The van der Waals surface area contributed by atoms with Gasteiger partial charge in [0.25, 0.3) is 11.6 Å². The van der Waals surface area contributed by atoms with Crippen molar-refractivity contribution in [2.75, 3.05) is 0 Å². The van der Waals surface area contributed by atoms with Gasteiger partial charge in [-0.25, -0.2) is 0 Å². The number of halogens is 4. The van der Waals surface area contributed by atoms with Gasteiger partial charge in [-0.05, 0) is 36.6 Å². The van der Waals surface area contributed by atoms with Crippen LogP contribution >= 0.6 is 11.6 Å². The van der Waals surface area contributed by atoms with Crippen LogP contribution in [-0.4, -0.2) is 33.6 Å². The van der Waals surface area contributed by atoms with E-state index in [-0.39, 0.29) is 28.6 Å². The number of aliphatic hydroxyl groups is 1. The number of rotatable bonds is 3. The summed E-state index contributed by atoms with van der Waals surface area (Å²) < 4.78 is 39.9. The summed E-state index contributed by atoms with van der Waals surface area (Å²) in [6, 6.07) is 5.35. The second kappa shape index (κ2) is 6.13. The third kappa shape index (κ3) is 3.50. The molecular formula is C15H16ClF3N2O2. The predicted octanol–water partition coefficient (Wildman–Crippen LogP) is 3.84. The smallest absolute Gasteiger partial charge is 0.362 e. The Hall–Kier alpha value is -1.60. The van der Waals surface area contributed by atoms with Crippen LogP contribution in [0.1, 0.15) is 37.0 Å². The molecule has 1 aromatic rings. The molecule has 2 rings (SSSR count). The fourth-order valence-electron chi connectivity index (χ4n) is 2.35. The number of carbonyl (C=O) groups excluding carboxylic acids is 1. The molecule has 23 heavy (non-hydrogen) atoms. The molecule has 0 unspecified atom stereocenters. The van der Waals surface area contributed by atoms with Crippen molar-refractivity contribution in [2.24, 2.45) is 11.0 Å². The van der Waals surface area contributed by atoms with Crippen LogP contribution in [0.5, 0.6) is 0 Å². The number of hydrogen-bond donors (Lipinski definition) is 1. The first-order valence-corrected chi connectivity index (χ1v) is 7.38. The summed E-state index contributed by atoms with van der Waals surface area (Å²) in [5.41, 5.74) is -3.22. The molecule has 0 saturated carbocycles. The lowest BCUT2D eigenvalue weighted by Crippen LogP contribution is -2.56. The van der Waals surface area contributed by atoms with Crippen LogP contribution in [-0.2, 0) is 0 Å². The van der Waals surface area contributed by atoms with Gasteiger partial charge in [-0.15, -0.1) is 0 Å². The van der Waals surface area contributed by atoms with Gasteiger partial charge in [0.15, 0.2) is 0 Å². The Morgan fingerprint density at radius 3 is 2.43 bits per heavy atom. The molecule has 1 amide bonds. The Morgan fingerprint density at radius 2 is 1.96 bits per heavy atom. The monoisotopic (exact) mass is 348 g/mol. The van der Waals surface area contributed by atoms with E-state index in [9.17, 15) is 23.1 Å². The maximum atomic E-state index is 13.3. The Kier molecular flexibility index (Phi) is 4.73. The van der Waals surface area contributed by atoms with Gasteiger partial charge in [-0.3, -0.25) is 4.79 Å². The van der Waals surface area contributed by atoms with E-state index < -0.39 is 24.2 Å². The summed E-state index contributed by atoms with van der Waals surface area (Å²) in [4.78, 5) is 12.4. The van der Waals surface area contributed by atoms with Crippen LogP contribution in [0.4, 0.5) is 13.2 Å². The molecule has 1 N–H and O–H groups in total. The highest BCUT2D eigenvalue weighted by Crippen LogP contribution is 2.41. The average molecular weight is 349 g/mol. The van der Waals surface area contributed by atoms with Crippen LogP contribution < -0.4 is 0 Å². The van der Waals surface area contributed by atoms with Gasteiger partial charge >= 0.3 is 6.18 Å². The van der Waals surface area contributed by atoms with Crippen LogP contribution in [0.25, 0.3) is 0 Å². The van der Waals surface area contributed by atoms with E-state index in [2.05, 4.69) is 5.10 Å². The van der Waals surface area contributed by atoms with Crippen LogP contribution in [0.3, 0.4) is 0 Å². The zero-order valence-electron chi connectivity index (χ0n) is 12.6. The van der Waals surface area contributed by atoms with Gasteiger partial charge in [0.1, 0.15) is 0 Å². The van der Waals surface area contributed by atoms with Crippen LogP contribution in [0, 0.1) is 5.92 Å². The summed E-state index contributed by atoms with van der Waals surface area (Å²) in [6.45, 7) is 3.64. The van der Waals surface area contributed by atoms with Crippen LogP contribution in [0.15, 0.2) is 29.4 Å². The van der Waals surface area contributed by atoms with Gasteiger partial charge in [0, 0.05) is 22.7 Å². The van der Waals surface area contributed by atoms with Crippen molar-refractivity contribution in [1.82, 2.24) is 5.01 Å². The van der Waals surface area contributed by atoms with Gasteiger partial charge in [-0.2, -0.15) is 23.3 Å². The summed E-state index contributed by atoms with van der Waals surface area (Å²) in [5.74, 6) is -0.975. The lowest BCUT2D eigenvalue weighted by Gasteiger charge is -2.32. The molecule has 4 nitrogen and oxygen atoms in total. The number of hydrogen-bond acceptors (Lipinski definition) is 3. The van der Waals surface area contributed by atoms with E-state index in [0.29, 0.717) is 5.02 Å². The second-order valence-corrected chi connectivity index (χ2v) is 6.32. The fraction of sp³-hybridized carbons (Fsp3) is 0.467. The van der Waals surface area contributed by atoms with Crippen molar-refractivity contribution in [3.05, 3.63) is 34.9 Å². The maximum Gasteiger partial charge on any atom is 0.438 e. The molecule has 126 valence electrons. The van der Waals surface area contributed by atoms with E-state index in [0.717, 1.165) is 0 Å². The Balaban J connectivity index is 2.39. The molecular weight excluding hydrogens is 333 g/mol. The first kappa shape index (κ1) is 17.7. The third-order valence-corrected chi connectivity index (χ3v) is 3.68. The van der Waals surface area contributed by atoms with Crippen molar-refractivity contribution in [3.63, 3.8) is 0 Å². The van der Waals surface area contributed by atoms with E-state index in [1.54, 1.807) is 0 Å². The molecule has 1 aromatic carbocycles. The zero-order valence-corrected chi connectivity index (χ0v) is 13.3. The highest BCUT2D eigenvalue weighted by Gasteiger charge is 2.63. The van der Waals surface area contributed by atoms with E-state index in [1.165, 1.54) is 24.3 Å². The summed E-state index contributed by atoms with van der Waals surface area (Å²) >= 11 is 5.70. The largest absolute Gasteiger partial charge is 0.438 e. The summed E-state index contributed by atoms with van der Waals surface area (Å²) in [6.07, 6.45) is -5.49. The predicted molar refractivity (Wildman–Crippen MR) is 80.1 cm³/mol. The third-order valence-electron chi connectivity index (χ3n) is 3.42. The lowest BCUT2D eigenvalue weighted by atomic mass is 9.99. The topological polar surface area (TPSA) is 52.9 Å². The van der Waals surface area contributed by atoms with Crippen molar-refractivity contribution in [1.29, 1.82) is 0 Å². The minimum absolute atomic E-state index is 0.0355. The summed E-state index contributed by atoms with van der Waals surface area (Å²) in [7, 11) is 0. The SMILES string of the molecule is CC(C)CC1=NN(C(=O)c2ccc(Cl)cc2)[C@](O)(C(F)(F)F)C1. The van der Waals surface area contributed by atoms with Crippen molar-refractivity contribution < 1.29 is 23.1 Å². The molecule has 0 fully saturated rings. The standard InChI is InChI=1S/C15H16ClF3N2O2/c1-9(2)7-12-8-14(23,15(17,18)19)21(20-12)13(22)10-3-5-11(16)6-4-10/h3-6,9,23H,7-8H2,1-2H3/t14-/m1/s1. The highest BCUT2D eigenvalue weighted by atomic mass is 35.5. The van der Waals surface area contributed by atoms with Gasteiger partial charge < -0.3 is 5.11 Å². The molecule has 1 heterocycles. The molecule has 0 aromatic heterocycles. The fourth-order valence-corrected chi connectivity index (χ4v) is 2.48. The number of alkyl halides is 3. The molecule has 0 bridgehead atoms. The van der Waals surface area contributed by atoms with Gasteiger partial charge in [0.05, 0.1) is 0 Å². The second-order valence-electron chi connectivity index (χ2n) is 5.88. The zero-order chi connectivity index (χ0) is 17.4. The number of amides is 1. The maximum absolute atomic E-state index is 13.3. The number of hydrazone groups is 1. The van der Waals surface area contributed by atoms with Crippen molar-refractivity contribution in [2.45, 2.75) is 38.6 Å². The molecule has 0 aliphatic carbocycles. The normalized spacial score (nSPS) is 21.7. The highest BCUT2D eigenvalue weighted by molar-refractivity contribution is 6.30. The Morgan fingerprint density at radius 1 is 1.39 bits per heavy atom. The molecule has 0 radical (unpaired) electrons. The lowest BCUT2D eigenvalue weighted by molar-refractivity contribution is -0.297. The average Bonchev–Trinajstić information content (AvgIpc) is 2.75. The quantitative estimate of drug-likeness (QED) is 0.902. The molecule has 8 heteroatoms. The summed E-state index contributed by atoms with van der Waals surface area (Å²) in [5, 5.41) is 14.3. The molecule has 1 aliphatic rings. The molecule has 1 atom stereocenters. The Bertz CT molecular complexity index is 629. The van der Waals surface area contributed by atoms with Crippen molar-refractivity contribution >= 4 is 23.2 Å². The number of benzene rings is 1. The van der Waals surface area contributed by atoms with E-state index in [1.807, 2.05) is 13.8 Å². The minimum Gasteiger partial charge on any atom is -0.362 e. The molecule has 0 spiro atoms. The number of nitrogens with zero attached hydrogens (tertiary/aromatic N) is 2. The van der Waals surface area contributed by atoms with Crippen LogP contribution in [0.2, 0.25) is 5.02 Å². The number of carbonyl (C=O) groups is 1. The van der Waals surface area contributed by atoms with Gasteiger partial charge in [0.2, 0.25) is 0 Å².